The lowest BCUT2D eigenvalue weighted by atomic mass is 9.95. The molecule has 1 unspecified atom stereocenters. The fourth-order valence-electron chi connectivity index (χ4n) is 3.19. The van der Waals surface area contributed by atoms with Crippen LogP contribution in [0.2, 0.25) is 6.04 Å². The van der Waals surface area contributed by atoms with Crippen molar-refractivity contribution < 1.29 is 0 Å². The van der Waals surface area contributed by atoms with Gasteiger partial charge in [-0.15, -0.1) is 0 Å². The Bertz CT molecular complexity index is 542. The first-order valence-electron chi connectivity index (χ1n) is 6.63. The number of benzene rings is 2. The highest BCUT2D eigenvalue weighted by Crippen LogP contribution is 2.38. The Morgan fingerprint density at radius 2 is 1.72 bits per heavy atom. The van der Waals surface area contributed by atoms with Crippen LogP contribution >= 0.6 is 0 Å². The van der Waals surface area contributed by atoms with E-state index in [1.807, 2.05) is 0 Å². The van der Waals surface area contributed by atoms with E-state index in [0.717, 1.165) is 9.52 Å². The maximum atomic E-state index is 2.59. The third kappa shape index (κ3) is 1.45. The van der Waals surface area contributed by atoms with Crippen LogP contribution in [-0.2, 0) is 6.42 Å². The summed E-state index contributed by atoms with van der Waals surface area (Å²) >= 11 is 0. The molecule has 0 bridgehead atoms. The summed E-state index contributed by atoms with van der Waals surface area (Å²) in [6.07, 6.45) is 2.54. The van der Waals surface area contributed by atoms with E-state index in [1.165, 1.54) is 41.0 Å². The average molecular weight is 249 g/mol. The summed E-state index contributed by atoms with van der Waals surface area (Å²) < 4.78 is 0. The van der Waals surface area contributed by atoms with Crippen LogP contribution in [0.3, 0.4) is 0 Å². The molecule has 2 heteroatoms. The molecule has 1 atom stereocenters. The Kier molecular flexibility index (Phi) is 2.30. The van der Waals surface area contributed by atoms with Gasteiger partial charge in [0.2, 0.25) is 0 Å². The van der Waals surface area contributed by atoms with Gasteiger partial charge in [-0.25, -0.2) is 0 Å². The molecule has 2 radical (unpaired) electrons. The quantitative estimate of drug-likeness (QED) is 0.649. The summed E-state index contributed by atoms with van der Waals surface area (Å²) in [5.74, 6) is 0. The molecule has 2 aromatic carbocycles. The van der Waals surface area contributed by atoms with Crippen molar-refractivity contribution in [3.8, 4) is 0 Å². The zero-order valence-electron chi connectivity index (χ0n) is 10.3. The molecular weight excluding hydrogens is 234 g/mol. The lowest BCUT2D eigenvalue weighted by Crippen LogP contribution is -2.44. The van der Waals surface area contributed by atoms with E-state index in [0.29, 0.717) is 6.04 Å². The highest BCUT2D eigenvalue weighted by Gasteiger charge is 2.31. The monoisotopic (exact) mass is 249 g/mol. The van der Waals surface area contributed by atoms with Crippen molar-refractivity contribution in [1.29, 1.82) is 0 Å². The summed E-state index contributed by atoms with van der Waals surface area (Å²) in [5, 5.41) is 1.53. The van der Waals surface area contributed by atoms with Gasteiger partial charge in [0.15, 0.2) is 0 Å². The molecule has 2 aliphatic heterocycles. The van der Waals surface area contributed by atoms with Crippen LogP contribution in [0.1, 0.15) is 12.0 Å². The van der Waals surface area contributed by atoms with Gasteiger partial charge in [0.05, 0.1) is 9.52 Å². The molecule has 0 aromatic heterocycles. The summed E-state index contributed by atoms with van der Waals surface area (Å²) in [6.45, 7) is 0. The van der Waals surface area contributed by atoms with E-state index in [9.17, 15) is 0 Å². The van der Waals surface area contributed by atoms with E-state index in [1.54, 1.807) is 0 Å². The summed E-state index contributed by atoms with van der Waals surface area (Å²) in [6, 6.07) is 19.9. The van der Waals surface area contributed by atoms with Crippen molar-refractivity contribution in [2.75, 3.05) is 4.90 Å². The van der Waals surface area contributed by atoms with Gasteiger partial charge >= 0.3 is 0 Å². The van der Waals surface area contributed by atoms with Gasteiger partial charge in [0.25, 0.3) is 0 Å². The summed E-state index contributed by atoms with van der Waals surface area (Å²) in [5.41, 5.74) is 4.39. The molecule has 2 heterocycles. The molecule has 2 aromatic rings. The second-order valence-electron chi connectivity index (χ2n) is 5.09. The maximum absolute atomic E-state index is 2.59. The third-order valence-corrected chi connectivity index (χ3v) is 5.53. The number of hydrogen-bond donors (Lipinski definition) is 0. The van der Waals surface area contributed by atoms with E-state index < -0.39 is 0 Å². The van der Waals surface area contributed by atoms with E-state index in [4.69, 9.17) is 0 Å². The second-order valence-corrected chi connectivity index (χ2v) is 6.39. The minimum Gasteiger partial charge on any atom is -0.339 e. The highest BCUT2D eigenvalue weighted by atomic mass is 28.2. The molecule has 1 nitrogen and oxygen atoms in total. The largest absolute Gasteiger partial charge is 0.339 e. The van der Waals surface area contributed by atoms with Crippen LogP contribution in [0.5, 0.6) is 0 Å². The third-order valence-electron chi connectivity index (χ3n) is 4.05. The van der Waals surface area contributed by atoms with E-state index in [2.05, 4.69) is 53.4 Å². The predicted octanol–water partition coefficient (Wildman–Crippen LogP) is 2.90. The SMILES string of the molecule is c1ccc2c(c1)CCC1C[Si]c3ccccc3N21. The van der Waals surface area contributed by atoms with E-state index >= 15 is 0 Å². The van der Waals surface area contributed by atoms with Crippen LogP contribution in [0.25, 0.3) is 0 Å². The summed E-state index contributed by atoms with van der Waals surface area (Å²) in [7, 11) is 0.978. The first kappa shape index (κ1) is 10.4. The van der Waals surface area contributed by atoms with Gasteiger partial charge in [-0.3, -0.25) is 0 Å². The van der Waals surface area contributed by atoms with Crippen molar-refractivity contribution in [2.24, 2.45) is 0 Å². The molecular formula is C16H15NSi. The molecule has 0 saturated heterocycles. The second kappa shape index (κ2) is 3.99. The average Bonchev–Trinajstić information content (AvgIpc) is 2.46. The van der Waals surface area contributed by atoms with Crippen molar-refractivity contribution in [1.82, 2.24) is 0 Å². The van der Waals surface area contributed by atoms with Crippen LogP contribution in [0.15, 0.2) is 48.5 Å². The van der Waals surface area contributed by atoms with Gasteiger partial charge in [-0.1, -0.05) is 36.4 Å². The Labute approximate surface area is 110 Å². The normalized spacial score (nSPS) is 20.9. The van der Waals surface area contributed by atoms with Gasteiger partial charge in [0.1, 0.15) is 0 Å². The molecule has 4 rings (SSSR count). The van der Waals surface area contributed by atoms with Gasteiger partial charge in [-0.05, 0) is 41.8 Å². The molecule has 0 N–H and O–H groups in total. The first-order chi connectivity index (χ1) is 8.93. The summed E-state index contributed by atoms with van der Waals surface area (Å²) in [4.78, 5) is 2.59. The Morgan fingerprint density at radius 1 is 0.944 bits per heavy atom. The van der Waals surface area contributed by atoms with Crippen LogP contribution in [0.4, 0.5) is 11.4 Å². The number of para-hydroxylation sites is 2. The Balaban J connectivity index is 1.91. The maximum Gasteiger partial charge on any atom is 0.0858 e. The molecule has 0 aliphatic carbocycles. The zero-order chi connectivity index (χ0) is 11.9. The fraction of sp³-hybridized carbons (Fsp3) is 0.250. The number of nitrogens with zero attached hydrogens (tertiary/aromatic N) is 1. The molecule has 0 saturated carbocycles. The lowest BCUT2D eigenvalue weighted by Gasteiger charge is -2.43. The number of anilines is 2. The highest BCUT2D eigenvalue weighted by molar-refractivity contribution is 6.56. The van der Waals surface area contributed by atoms with Crippen molar-refractivity contribution in [3.05, 3.63) is 54.1 Å². The number of rotatable bonds is 0. The number of fused-ring (bicyclic) bond motifs is 5. The predicted molar refractivity (Wildman–Crippen MR) is 77.3 cm³/mol. The minimum atomic E-state index is 0.716. The topological polar surface area (TPSA) is 3.24 Å². The molecule has 2 aliphatic rings. The zero-order valence-corrected chi connectivity index (χ0v) is 11.3. The van der Waals surface area contributed by atoms with Crippen molar-refractivity contribution in [2.45, 2.75) is 24.9 Å². The van der Waals surface area contributed by atoms with Gasteiger partial charge < -0.3 is 4.90 Å². The Hall–Kier alpha value is -1.54. The number of aryl methyl sites for hydroxylation is 1. The molecule has 0 fully saturated rings. The number of hydrogen-bond acceptors (Lipinski definition) is 1. The Morgan fingerprint density at radius 3 is 2.67 bits per heavy atom. The van der Waals surface area contributed by atoms with Gasteiger partial charge in [-0.2, -0.15) is 0 Å². The lowest BCUT2D eigenvalue weighted by molar-refractivity contribution is 0.613. The minimum absolute atomic E-state index is 0.716. The van der Waals surface area contributed by atoms with Gasteiger partial charge in [0, 0.05) is 17.4 Å². The first-order valence-corrected chi connectivity index (χ1v) is 7.84. The van der Waals surface area contributed by atoms with Crippen molar-refractivity contribution in [3.63, 3.8) is 0 Å². The fourth-order valence-corrected chi connectivity index (χ4v) is 4.63. The van der Waals surface area contributed by atoms with E-state index in [-0.39, 0.29) is 0 Å². The molecule has 88 valence electrons. The standard InChI is InChI=1S/C16H15NSi/c1-2-6-14-12(5-1)9-10-13-11-18-16-8-4-3-7-15(16)17(13)14/h1-8,13H,9-11H2. The molecule has 0 spiro atoms. The van der Waals surface area contributed by atoms with Crippen LogP contribution in [-0.4, -0.2) is 15.6 Å². The van der Waals surface area contributed by atoms with Crippen molar-refractivity contribution >= 4 is 26.1 Å². The molecule has 0 amide bonds. The van der Waals surface area contributed by atoms with Crippen LogP contribution < -0.4 is 10.1 Å². The van der Waals surface area contributed by atoms with Crippen LogP contribution in [0, 0.1) is 0 Å². The molecule has 18 heavy (non-hydrogen) atoms. The smallest absolute Gasteiger partial charge is 0.0858 e.